The van der Waals surface area contributed by atoms with Crippen molar-refractivity contribution in [1.82, 2.24) is 10.2 Å². The highest BCUT2D eigenvalue weighted by atomic mass is 127. The van der Waals surface area contributed by atoms with Crippen LogP contribution >= 0.6 is 54.5 Å². The molecule has 1 heterocycles. The van der Waals surface area contributed by atoms with Crippen LogP contribution in [0.3, 0.4) is 0 Å². The van der Waals surface area contributed by atoms with Gasteiger partial charge in [-0.15, -0.1) is 0 Å². The molecule has 4 rings (SSSR count). The van der Waals surface area contributed by atoms with Gasteiger partial charge < -0.3 is 10.1 Å². The first-order valence-corrected chi connectivity index (χ1v) is 12.3. The van der Waals surface area contributed by atoms with Crippen LogP contribution in [0.25, 0.3) is 6.08 Å². The summed E-state index contributed by atoms with van der Waals surface area (Å²) in [5.41, 5.74) is 2.96. The van der Waals surface area contributed by atoms with Crippen molar-refractivity contribution < 1.29 is 14.3 Å². The number of benzene rings is 3. The van der Waals surface area contributed by atoms with Gasteiger partial charge >= 0.3 is 6.03 Å². The maximum absolute atomic E-state index is 12.8. The molecule has 0 aliphatic carbocycles. The molecule has 0 atom stereocenters. The number of ether oxygens (including phenoxy) is 1. The second-order valence-corrected chi connectivity index (χ2v) is 10.1. The van der Waals surface area contributed by atoms with Crippen LogP contribution in [0.1, 0.15) is 16.7 Å². The van der Waals surface area contributed by atoms with Crippen molar-refractivity contribution in [1.29, 1.82) is 0 Å². The molecule has 0 spiro atoms. The van der Waals surface area contributed by atoms with E-state index < -0.39 is 6.03 Å². The highest BCUT2D eigenvalue weighted by Crippen LogP contribution is 2.28. The van der Waals surface area contributed by atoms with E-state index in [4.69, 9.17) is 4.74 Å². The van der Waals surface area contributed by atoms with Crippen LogP contribution < -0.4 is 10.1 Å². The van der Waals surface area contributed by atoms with Crippen molar-refractivity contribution in [3.63, 3.8) is 0 Å². The number of hydrogen-bond donors (Lipinski definition) is 1. The summed E-state index contributed by atoms with van der Waals surface area (Å²) < 4.78 is 8.78. The molecule has 1 N–H and O–H groups in total. The van der Waals surface area contributed by atoms with Gasteiger partial charge in [-0.3, -0.25) is 9.69 Å². The third-order valence-corrected chi connectivity index (χ3v) is 6.66. The number of nitrogens with zero attached hydrogens (tertiary/aromatic N) is 1. The van der Waals surface area contributed by atoms with Crippen LogP contribution in [0, 0.1) is 3.57 Å². The summed E-state index contributed by atoms with van der Waals surface area (Å²) in [4.78, 5) is 26.3. The molecule has 162 valence electrons. The summed E-state index contributed by atoms with van der Waals surface area (Å²) in [7, 11) is 0. The number of rotatable bonds is 6. The van der Waals surface area contributed by atoms with Gasteiger partial charge in [0.15, 0.2) is 0 Å². The Morgan fingerprint density at radius 2 is 1.62 bits per heavy atom. The molecule has 0 unspecified atom stereocenters. The highest BCUT2D eigenvalue weighted by molar-refractivity contribution is 14.1. The van der Waals surface area contributed by atoms with E-state index in [1.807, 2.05) is 66.7 Å². The van der Waals surface area contributed by atoms with Crippen molar-refractivity contribution in [3.8, 4) is 5.75 Å². The Labute approximate surface area is 216 Å². The van der Waals surface area contributed by atoms with Crippen LogP contribution in [0.5, 0.6) is 5.75 Å². The maximum Gasteiger partial charge on any atom is 0.329 e. The van der Waals surface area contributed by atoms with Crippen molar-refractivity contribution in [2.24, 2.45) is 0 Å². The largest absolute Gasteiger partial charge is 0.488 e. The Hall–Kier alpha value is -2.17. The molecule has 3 aromatic carbocycles. The Morgan fingerprint density at radius 3 is 2.31 bits per heavy atom. The van der Waals surface area contributed by atoms with Gasteiger partial charge in [-0.2, -0.15) is 0 Å². The van der Waals surface area contributed by atoms with Crippen molar-refractivity contribution >= 4 is 72.5 Å². The first-order valence-electron chi connectivity index (χ1n) is 9.65. The number of imide groups is 1. The van der Waals surface area contributed by atoms with Crippen LogP contribution in [-0.4, -0.2) is 16.8 Å². The number of urea groups is 1. The summed E-state index contributed by atoms with van der Waals surface area (Å²) in [5.74, 6) is 0.345. The number of carbonyl (C=O) groups excluding carboxylic acids is 2. The minimum Gasteiger partial charge on any atom is -0.488 e. The SMILES string of the molecule is O=C1N/C(=C/c2ccc(OCc3ccc(I)cc3)c(Br)c2)C(=O)N1Cc1ccc(Br)cc1. The van der Waals surface area contributed by atoms with Crippen LogP contribution in [0.15, 0.2) is 81.4 Å². The van der Waals surface area contributed by atoms with Gasteiger partial charge in [0.2, 0.25) is 0 Å². The van der Waals surface area contributed by atoms with E-state index in [1.54, 1.807) is 6.08 Å². The zero-order valence-corrected chi connectivity index (χ0v) is 22.0. The summed E-state index contributed by atoms with van der Waals surface area (Å²) in [6, 6.07) is 20.7. The molecule has 0 bridgehead atoms. The van der Waals surface area contributed by atoms with Gasteiger partial charge in [0.1, 0.15) is 18.1 Å². The molecule has 1 aliphatic rings. The van der Waals surface area contributed by atoms with E-state index in [2.05, 4.69) is 59.8 Å². The number of hydrogen-bond acceptors (Lipinski definition) is 3. The molecule has 0 saturated carbocycles. The molecular weight excluding hydrogens is 651 g/mol. The number of nitrogens with one attached hydrogen (secondary N) is 1. The summed E-state index contributed by atoms with van der Waals surface area (Å²) in [5, 5.41) is 2.66. The topological polar surface area (TPSA) is 58.6 Å². The van der Waals surface area contributed by atoms with Crippen LogP contribution in [0.4, 0.5) is 4.79 Å². The van der Waals surface area contributed by atoms with Gasteiger partial charge in [0.25, 0.3) is 5.91 Å². The normalized spacial score (nSPS) is 14.7. The second-order valence-electron chi connectivity index (χ2n) is 7.11. The Balaban J connectivity index is 1.44. The zero-order valence-electron chi connectivity index (χ0n) is 16.6. The standard InChI is InChI=1S/C24H17Br2IN2O3/c25-18-6-1-15(2-7-18)13-29-23(30)21(28-24(29)31)12-17-5-10-22(20(26)11-17)32-14-16-3-8-19(27)9-4-16/h1-12H,13-14H2,(H,28,31)/b21-12+. The molecular formula is C24H17Br2IN2O3. The molecule has 1 fully saturated rings. The smallest absolute Gasteiger partial charge is 0.329 e. The van der Waals surface area contributed by atoms with Crippen LogP contribution in [-0.2, 0) is 17.9 Å². The lowest BCUT2D eigenvalue weighted by atomic mass is 10.1. The summed E-state index contributed by atoms with van der Waals surface area (Å²) >= 11 is 9.18. The fourth-order valence-electron chi connectivity index (χ4n) is 3.12. The highest BCUT2D eigenvalue weighted by Gasteiger charge is 2.33. The third kappa shape index (κ3) is 5.60. The van der Waals surface area contributed by atoms with Crippen molar-refractivity contribution in [2.75, 3.05) is 0 Å². The first kappa shape index (κ1) is 23.0. The van der Waals surface area contributed by atoms with E-state index in [0.29, 0.717) is 12.4 Å². The molecule has 8 heteroatoms. The molecule has 3 aromatic rings. The second kappa shape index (κ2) is 10.2. The average molecular weight is 668 g/mol. The van der Waals surface area contributed by atoms with Gasteiger partial charge in [-0.05, 0) is 97.7 Å². The van der Waals surface area contributed by atoms with E-state index in [0.717, 1.165) is 25.6 Å². The Morgan fingerprint density at radius 1 is 0.938 bits per heavy atom. The molecule has 1 aliphatic heterocycles. The van der Waals surface area contributed by atoms with E-state index in [-0.39, 0.29) is 18.1 Å². The Bertz CT molecular complexity index is 1190. The molecule has 1 saturated heterocycles. The monoisotopic (exact) mass is 666 g/mol. The fourth-order valence-corrected chi connectivity index (χ4v) is 4.25. The quantitative estimate of drug-likeness (QED) is 0.186. The average Bonchev–Trinajstić information content (AvgIpc) is 3.03. The lowest BCUT2D eigenvalue weighted by Gasteiger charge is -2.11. The molecule has 3 amide bonds. The fraction of sp³-hybridized carbons (Fsp3) is 0.0833. The lowest BCUT2D eigenvalue weighted by Crippen LogP contribution is -2.30. The van der Waals surface area contributed by atoms with E-state index in [9.17, 15) is 9.59 Å². The predicted molar refractivity (Wildman–Crippen MR) is 139 cm³/mol. The van der Waals surface area contributed by atoms with Crippen molar-refractivity contribution in [2.45, 2.75) is 13.2 Å². The zero-order chi connectivity index (χ0) is 22.7. The molecule has 0 radical (unpaired) electrons. The minimum absolute atomic E-state index is 0.213. The number of carbonyl (C=O) groups is 2. The lowest BCUT2D eigenvalue weighted by molar-refractivity contribution is -0.123. The molecule has 5 nitrogen and oxygen atoms in total. The summed E-state index contributed by atoms with van der Waals surface area (Å²) in [6.07, 6.45) is 1.66. The predicted octanol–water partition coefficient (Wildman–Crippen LogP) is 6.49. The van der Waals surface area contributed by atoms with Crippen molar-refractivity contribution in [3.05, 3.63) is 102 Å². The van der Waals surface area contributed by atoms with Gasteiger partial charge in [0, 0.05) is 8.04 Å². The van der Waals surface area contributed by atoms with Gasteiger partial charge in [0.05, 0.1) is 11.0 Å². The Kier molecular flexibility index (Phi) is 7.32. The van der Waals surface area contributed by atoms with E-state index >= 15 is 0 Å². The molecule has 0 aromatic heterocycles. The van der Waals surface area contributed by atoms with Gasteiger partial charge in [-0.1, -0.05) is 46.3 Å². The number of amides is 3. The first-order chi connectivity index (χ1) is 15.4. The third-order valence-electron chi connectivity index (χ3n) is 4.79. The van der Waals surface area contributed by atoms with E-state index in [1.165, 1.54) is 8.47 Å². The van der Waals surface area contributed by atoms with Crippen LogP contribution in [0.2, 0.25) is 0 Å². The molecule has 32 heavy (non-hydrogen) atoms. The van der Waals surface area contributed by atoms with Gasteiger partial charge in [-0.25, -0.2) is 4.79 Å². The number of halogens is 3. The summed E-state index contributed by atoms with van der Waals surface area (Å²) in [6.45, 7) is 0.666. The minimum atomic E-state index is -0.430. The maximum atomic E-state index is 12.8.